The van der Waals surface area contributed by atoms with Gasteiger partial charge < -0.3 is 30.6 Å². The summed E-state index contributed by atoms with van der Waals surface area (Å²) < 4.78 is 0. The van der Waals surface area contributed by atoms with Crippen molar-refractivity contribution in [3.05, 3.63) is 82.5 Å². The highest BCUT2D eigenvalue weighted by Gasteiger charge is 2.33. The van der Waals surface area contributed by atoms with Gasteiger partial charge in [0.1, 0.15) is 6.04 Å². The summed E-state index contributed by atoms with van der Waals surface area (Å²) in [6.07, 6.45) is 6.00. The first-order valence-corrected chi connectivity index (χ1v) is 17.9. The summed E-state index contributed by atoms with van der Waals surface area (Å²) in [6, 6.07) is 6.38. The maximum atomic E-state index is 13.0. The van der Waals surface area contributed by atoms with Crippen LogP contribution in [0.25, 0.3) is 45.4 Å². The number of carboxylic acids is 3. The Labute approximate surface area is 307 Å². The Bertz CT molecular complexity index is 2190. The molecule has 8 bridgehead atoms. The van der Waals surface area contributed by atoms with Gasteiger partial charge in [-0.25, -0.2) is 9.78 Å². The topological polar surface area (TPSA) is 198 Å². The quantitative estimate of drug-likeness (QED) is 0.0903. The van der Waals surface area contributed by atoms with Crippen molar-refractivity contribution in [2.75, 3.05) is 0 Å². The van der Waals surface area contributed by atoms with E-state index in [1.165, 1.54) is 0 Å². The molecule has 0 aliphatic carbocycles. The van der Waals surface area contributed by atoms with Crippen molar-refractivity contribution in [3.63, 3.8) is 0 Å². The third-order valence-corrected chi connectivity index (χ3v) is 10.3. The Balaban J connectivity index is 1.77. The van der Waals surface area contributed by atoms with Crippen molar-refractivity contribution in [2.24, 2.45) is 0 Å². The maximum Gasteiger partial charge on any atom is 0.326 e. The van der Waals surface area contributed by atoms with Gasteiger partial charge in [-0.05, 0) is 86.6 Å². The summed E-state index contributed by atoms with van der Waals surface area (Å²) in [7, 11) is 0. The molecule has 0 radical (unpaired) electrons. The molecule has 0 saturated carbocycles. The predicted molar refractivity (Wildman–Crippen MR) is 206 cm³/mol. The first-order valence-electron chi connectivity index (χ1n) is 17.9. The first kappa shape index (κ1) is 38.5. The molecule has 3 atom stereocenters. The number of H-pyrrole nitrogens is 2. The van der Waals surface area contributed by atoms with Crippen molar-refractivity contribution in [2.45, 2.75) is 96.9 Å². The molecule has 0 fully saturated rings. The molecule has 2 aliphatic heterocycles. The average molecular weight is 722 g/mol. The zero-order valence-corrected chi connectivity index (χ0v) is 30.6. The lowest BCUT2D eigenvalue weighted by atomic mass is 9.82. The van der Waals surface area contributed by atoms with E-state index in [1.54, 1.807) is 6.08 Å². The van der Waals surface area contributed by atoms with Crippen LogP contribution in [-0.2, 0) is 19.2 Å². The summed E-state index contributed by atoms with van der Waals surface area (Å²) in [5, 5.41) is 30.7. The van der Waals surface area contributed by atoms with Gasteiger partial charge in [0, 0.05) is 69.3 Å². The molecule has 278 valence electrons. The van der Waals surface area contributed by atoms with E-state index >= 15 is 0 Å². The van der Waals surface area contributed by atoms with E-state index in [-0.39, 0.29) is 31.1 Å². The number of aromatic amines is 2. The van der Waals surface area contributed by atoms with E-state index in [1.807, 2.05) is 39.0 Å². The maximum absolute atomic E-state index is 13.0. The fourth-order valence-corrected chi connectivity index (χ4v) is 7.41. The zero-order valence-electron chi connectivity index (χ0n) is 30.6. The lowest BCUT2D eigenvalue weighted by Crippen LogP contribution is -2.42. The second-order valence-electron chi connectivity index (χ2n) is 13.8. The molecule has 3 aromatic heterocycles. The molecule has 12 nitrogen and oxygen atoms in total. The number of amides is 1. The fourth-order valence-electron chi connectivity index (χ4n) is 7.41. The molecular weight excluding hydrogens is 674 g/mol. The Morgan fingerprint density at radius 1 is 0.792 bits per heavy atom. The number of allylic oxidation sites excluding steroid dienone is 2. The molecule has 12 heteroatoms. The molecule has 53 heavy (non-hydrogen) atoms. The van der Waals surface area contributed by atoms with Crippen LogP contribution in [0.4, 0.5) is 0 Å². The van der Waals surface area contributed by atoms with E-state index < -0.39 is 36.3 Å². The van der Waals surface area contributed by atoms with Gasteiger partial charge in [-0.1, -0.05) is 45.1 Å². The number of carbonyl (C=O) groups excluding carboxylic acids is 1. The van der Waals surface area contributed by atoms with Gasteiger partial charge in [-0.3, -0.25) is 19.4 Å². The lowest BCUT2D eigenvalue weighted by molar-refractivity contribution is -0.147. The van der Waals surface area contributed by atoms with Gasteiger partial charge in [0.15, 0.2) is 0 Å². The van der Waals surface area contributed by atoms with Crippen LogP contribution in [0.5, 0.6) is 0 Å². The largest absolute Gasteiger partial charge is 0.481 e. The molecule has 0 spiro atoms. The lowest BCUT2D eigenvalue weighted by Gasteiger charge is -2.19. The van der Waals surface area contributed by atoms with Crippen molar-refractivity contribution in [1.29, 1.82) is 0 Å². The van der Waals surface area contributed by atoms with E-state index in [9.17, 15) is 29.4 Å². The van der Waals surface area contributed by atoms with Crippen molar-refractivity contribution >= 4 is 69.2 Å². The van der Waals surface area contributed by atoms with Gasteiger partial charge in [0.2, 0.25) is 5.91 Å². The summed E-state index contributed by atoms with van der Waals surface area (Å²) in [4.78, 5) is 65.1. The Morgan fingerprint density at radius 3 is 1.98 bits per heavy atom. The van der Waals surface area contributed by atoms with Crippen molar-refractivity contribution in [1.82, 2.24) is 25.3 Å². The minimum Gasteiger partial charge on any atom is -0.481 e. The number of nitrogens with zero attached hydrogens (tertiary/aromatic N) is 2. The number of aromatic nitrogens is 4. The smallest absolute Gasteiger partial charge is 0.326 e. The zero-order chi connectivity index (χ0) is 38.6. The van der Waals surface area contributed by atoms with E-state index in [0.717, 1.165) is 80.4 Å². The van der Waals surface area contributed by atoms with E-state index in [4.69, 9.17) is 15.1 Å². The van der Waals surface area contributed by atoms with Gasteiger partial charge in [-0.2, -0.15) is 0 Å². The molecule has 1 amide bonds. The van der Waals surface area contributed by atoms with Crippen molar-refractivity contribution < 1.29 is 34.5 Å². The third-order valence-electron chi connectivity index (χ3n) is 10.3. The molecule has 3 aromatic rings. The average Bonchev–Trinajstić information content (AvgIpc) is 3.77. The number of unbranched alkanes of at least 4 members (excludes halogenated alkanes) is 1. The molecule has 5 heterocycles. The summed E-state index contributed by atoms with van der Waals surface area (Å²) in [5.41, 5.74) is 11.6. The summed E-state index contributed by atoms with van der Waals surface area (Å²) in [6.45, 7) is 16.2. The normalized spacial score (nSPS) is 15.9. The number of hydrogen-bond acceptors (Lipinski definition) is 6. The van der Waals surface area contributed by atoms with E-state index in [0.29, 0.717) is 23.5 Å². The highest BCUT2D eigenvalue weighted by Crippen LogP contribution is 2.44. The monoisotopic (exact) mass is 721 g/mol. The van der Waals surface area contributed by atoms with E-state index in [2.05, 4.69) is 47.5 Å². The molecule has 0 aromatic carbocycles. The number of fused-ring (bicyclic) bond motifs is 8. The van der Waals surface area contributed by atoms with Crippen LogP contribution in [0.3, 0.4) is 0 Å². The number of nitrogens with one attached hydrogen (secondary N) is 3. The fraction of sp³-hybridized carbons (Fsp3) is 0.366. The second-order valence-corrected chi connectivity index (χ2v) is 13.8. The van der Waals surface area contributed by atoms with Crippen LogP contribution in [0.1, 0.15) is 122 Å². The third kappa shape index (κ3) is 8.32. The van der Waals surface area contributed by atoms with Gasteiger partial charge >= 0.3 is 17.9 Å². The van der Waals surface area contributed by atoms with Gasteiger partial charge in [-0.15, -0.1) is 0 Å². The minimum absolute atomic E-state index is 0.0338. The molecule has 2 unspecified atom stereocenters. The number of rotatable bonds is 15. The molecule has 6 N–H and O–H groups in total. The Hall–Kier alpha value is -5.78. The van der Waals surface area contributed by atoms with Crippen LogP contribution >= 0.6 is 0 Å². The second kappa shape index (κ2) is 16.3. The molecule has 2 aliphatic rings. The summed E-state index contributed by atoms with van der Waals surface area (Å²) in [5.74, 6) is -4.51. The number of aryl methyl sites for hydroxylation is 2. The van der Waals surface area contributed by atoms with Crippen molar-refractivity contribution in [3.8, 4) is 0 Å². The number of hydrogen-bond donors (Lipinski definition) is 6. The highest BCUT2D eigenvalue weighted by atomic mass is 16.4. The standard InChI is InChI=1S/C41H47N5O7/c1-7-10-11-27-28(13-15-39(48)49)36-19-34-26(12-14-38(47)46-37(41(52)53)20-40(50)51)23(6)31(44-34)17-33-24(8-2)21(4)29(42-33)16-32-25(9-3)22(5)30(43-32)18-35(27)45-36/h8-9,16-19,27-28,37,42-43H,2-3,7,10-15,20H2,1,4-6H3,(H,46,47)(H,48,49)(H,50,51)(H,52,53)/t27?,28?,37-/m0/s1. The van der Waals surface area contributed by atoms with Gasteiger partial charge in [0.25, 0.3) is 0 Å². The highest BCUT2D eigenvalue weighted by molar-refractivity contribution is 5.95. The number of carboxylic acid groups (broad SMARTS) is 3. The van der Waals surface area contributed by atoms with Crippen LogP contribution in [0.2, 0.25) is 0 Å². The first-order chi connectivity index (χ1) is 25.3. The summed E-state index contributed by atoms with van der Waals surface area (Å²) >= 11 is 0. The molecule has 0 saturated heterocycles. The van der Waals surface area contributed by atoms with Crippen LogP contribution in [0, 0.1) is 13.8 Å². The minimum atomic E-state index is -1.56. The predicted octanol–water partition coefficient (Wildman–Crippen LogP) is 7.90. The van der Waals surface area contributed by atoms with Crippen LogP contribution < -0.4 is 5.32 Å². The SMILES string of the molecule is C=Cc1c(C)c2cc3[nH]c(cc4nc(cc5nc(cc1[nH]2)C(C)=C5CCC(=O)N[C@@H](CC(=O)O)C(=O)O)C(CCC(=O)O)C4CCCC)c(C)c3C=C. The van der Waals surface area contributed by atoms with Crippen LogP contribution in [-0.4, -0.2) is 65.1 Å². The van der Waals surface area contributed by atoms with Crippen LogP contribution in [0.15, 0.2) is 37.4 Å². The Kier molecular flexibility index (Phi) is 11.8. The number of aliphatic carboxylic acids is 3. The van der Waals surface area contributed by atoms with Gasteiger partial charge in [0.05, 0.1) is 17.8 Å². The number of carbonyl (C=O) groups is 4. The molecular formula is C41H47N5O7. The Morgan fingerprint density at radius 2 is 1.40 bits per heavy atom. The molecule has 5 rings (SSSR count).